The number of hydrogen-bond acceptors (Lipinski definition) is 1. The standard InChI is InChI=1S/C18H19F3N2O/c1-13(17(24)22-16-6-4-3-5-7-16)23(2)12-14-8-10-15(11-9-14)18(19,20)21/h3-11,13H,12H2,1-2H3,(H,22,24)/p+1/t13-/m1/s1. The second kappa shape index (κ2) is 7.49. The first-order valence-electron chi connectivity index (χ1n) is 7.61. The van der Waals surface area contributed by atoms with Gasteiger partial charge in [-0.3, -0.25) is 4.79 Å². The van der Waals surface area contributed by atoms with Crippen LogP contribution < -0.4 is 10.2 Å². The maximum atomic E-state index is 12.6. The number of alkyl halides is 3. The van der Waals surface area contributed by atoms with E-state index in [1.54, 1.807) is 19.1 Å². The van der Waals surface area contributed by atoms with Gasteiger partial charge >= 0.3 is 6.18 Å². The minimum absolute atomic E-state index is 0.134. The lowest BCUT2D eigenvalue weighted by Crippen LogP contribution is -3.12. The van der Waals surface area contributed by atoms with Crippen LogP contribution in [0.4, 0.5) is 18.9 Å². The van der Waals surface area contributed by atoms with Crippen molar-refractivity contribution in [1.29, 1.82) is 0 Å². The van der Waals surface area contributed by atoms with Crippen LogP contribution in [-0.2, 0) is 17.5 Å². The Morgan fingerprint density at radius 2 is 1.67 bits per heavy atom. The van der Waals surface area contributed by atoms with Gasteiger partial charge in [0.05, 0.1) is 12.6 Å². The third-order valence-electron chi connectivity index (χ3n) is 3.94. The molecule has 128 valence electrons. The molecule has 0 radical (unpaired) electrons. The molecule has 0 fully saturated rings. The lowest BCUT2D eigenvalue weighted by atomic mass is 10.1. The fourth-order valence-electron chi connectivity index (χ4n) is 2.28. The third kappa shape index (κ3) is 4.83. The Kier molecular flexibility index (Phi) is 5.62. The Hall–Kier alpha value is -2.34. The maximum absolute atomic E-state index is 12.6. The Labute approximate surface area is 139 Å². The number of likely N-dealkylation sites (N-methyl/N-ethyl adjacent to an activating group) is 1. The van der Waals surface area contributed by atoms with E-state index < -0.39 is 11.7 Å². The van der Waals surface area contributed by atoms with E-state index in [0.717, 1.165) is 28.3 Å². The number of para-hydroxylation sites is 1. The van der Waals surface area contributed by atoms with E-state index in [1.807, 2.05) is 25.2 Å². The number of carbonyl (C=O) groups is 1. The Morgan fingerprint density at radius 3 is 2.21 bits per heavy atom. The zero-order chi connectivity index (χ0) is 17.7. The lowest BCUT2D eigenvalue weighted by Gasteiger charge is -2.21. The summed E-state index contributed by atoms with van der Waals surface area (Å²) in [6, 6.07) is 13.8. The predicted molar refractivity (Wildman–Crippen MR) is 86.6 cm³/mol. The average molecular weight is 337 g/mol. The number of hydrogen-bond donors (Lipinski definition) is 2. The molecular weight excluding hydrogens is 317 g/mol. The molecule has 2 rings (SSSR count). The quantitative estimate of drug-likeness (QED) is 0.864. The van der Waals surface area contributed by atoms with Gasteiger partial charge in [0.1, 0.15) is 6.54 Å². The fourth-order valence-corrected chi connectivity index (χ4v) is 2.28. The molecule has 2 N–H and O–H groups in total. The average Bonchev–Trinajstić information content (AvgIpc) is 2.54. The molecule has 6 heteroatoms. The first-order chi connectivity index (χ1) is 11.3. The molecule has 0 aliphatic carbocycles. The summed E-state index contributed by atoms with van der Waals surface area (Å²) >= 11 is 0. The van der Waals surface area contributed by atoms with Crippen LogP contribution in [0.2, 0.25) is 0 Å². The SMILES string of the molecule is C[C@H](C(=O)Nc1ccccc1)[NH+](C)Cc1ccc(C(F)(F)F)cc1. The highest BCUT2D eigenvalue weighted by atomic mass is 19.4. The van der Waals surface area contributed by atoms with Crippen LogP contribution in [0.3, 0.4) is 0 Å². The largest absolute Gasteiger partial charge is 0.416 e. The summed E-state index contributed by atoms with van der Waals surface area (Å²) < 4.78 is 37.7. The first-order valence-corrected chi connectivity index (χ1v) is 7.61. The molecule has 1 amide bonds. The molecule has 0 aliphatic heterocycles. The second-order valence-electron chi connectivity index (χ2n) is 5.79. The molecule has 1 unspecified atom stereocenters. The number of carbonyl (C=O) groups excluding carboxylic acids is 1. The van der Waals surface area contributed by atoms with Crippen molar-refractivity contribution in [3.8, 4) is 0 Å². The smallest absolute Gasteiger partial charge is 0.324 e. The van der Waals surface area contributed by atoms with Gasteiger partial charge in [-0.05, 0) is 31.2 Å². The highest BCUT2D eigenvalue weighted by molar-refractivity contribution is 5.93. The second-order valence-corrected chi connectivity index (χ2v) is 5.79. The van der Waals surface area contributed by atoms with E-state index in [1.165, 1.54) is 12.1 Å². The highest BCUT2D eigenvalue weighted by Crippen LogP contribution is 2.28. The van der Waals surface area contributed by atoms with Crippen molar-refractivity contribution in [3.63, 3.8) is 0 Å². The van der Waals surface area contributed by atoms with E-state index >= 15 is 0 Å². The van der Waals surface area contributed by atoms with Crippen LogP contribution in [0.5, 0.6) is 0 Å². The van der Waals surface area contributed by atoms with Crippen molar-refractivity contribution in [2.24, 2.45) is 0 Å². The van der Waals surface area contributed by atoms with Crippen molar-refractivity contribution in [2.75, 3.05) is 12.4 Å². The van der Waals surface area contributed by atoms with Crippen LogP contribution in [-0.4, -0.2) is 19.0 Å². The van der Waals surface area contributed by atoms with Gasteiger partial charge in [-0.2, -0.15) is 13.2 Å². The predicted octanol–water partition coefficient (Wildman–Crippen LogP) is 2.75. The Balaban J connectivity index is 1.95. The molecule has 0 saturated heterocycles. The molecule has 0 spiro atoms. The zero-order valence-corrected chi connectivity index (χ0v) is 13.5. The molecule has 24 heavy (non-hydrogen) atoms. The third-order valence-corrected chi connectivity index (χ3v) is 3.94. The lowest BCUT2D eigenvalue weighted by molar-refractivity contribution is -0.907. The monoisotopic (exact) mass is 337 g/mol. The van der Waals surface area contributed by atoms with Gasteiger partial charge in [0.25, 0.3) is 5.91 Å². The number of amides is 1. The van der Waals surface area contributed by atoms with Gasteiger partial charge in [-0.1, -0.05) is 30.3 Å². The van der Waals surface area contributed by atoms with E-state index in [2.05, 4.69) is 5.32 Å². The van der Waals surface area contributed by atoms with Crippen LogP contribution in [0, 0.1) is 0 Å². The molecule has 0 aromatic heterocycles. The molecule has 2 atom stereocenters. The van der Waals surface area contributed by atoms with Crippen molar-refractivity contribution in [3.05, 3.63) is 65.7 Å². The topological polar surface area (TPSA) is 33.5 Å². The van der Waals surface area contributed by atoms with Gasteiger partial charge in [0, 0.05) is 11.3 Å². The molecule has 0 aliphatic rings. The number of rotatable bonds is 5. The summed E-state index contributed by atoms with van der Waals surface area (Å²) in [4.78, 5) is 13.1. The number of quaternary nitrogens is 1. The van der Waals surface area contributed by atoms with E-state index in [0.29, 0.717) is 6.54 Å². The van der Waals surface area contributed by atoms with Crippen LogP contribution in [0.1, 0.15) is 18.1 Å². The zero-order valence-electron chi connectivity index (χ0n) is 13.5. The van der Waals surface area contributed by atoms with Crippen molar-refractivity contribution in [2.45, 2.75) is 25.7 Å². The van der Waals surface area contributed by atoms with Gasteiger partial charge in [0.2, 0.25) is 0 Å². The summed E-state index contributed by atoms with van der Waals surface area (Å²) in [5, 5.41) is 2.83. The van der Waals surface area contributed by atoms with Crippen LogP contribution in [0.15, 0.2) is 54.6 Å². The summed E-state index contributed by atoms with van der Waals surface area (Å²) in [7, 11) is 1.84. The number of benzene rings is 2. The van der Waals surface area contributed by atoms with Crippen LogP contribution >= 0.6 is 0 Å². The number of anilines is 1. The summed E-state index contributed by atoms with van der Waals surface area (Å²) in [5.74, 6) is -0.134. The summed E-state index contributed by atoms with van der Waals surface area (Å²) in [6.45, 7) is 2.25. The minimum atomic E-state index is -4.33. The Bertz CT molecular complexity index is 669. The molecule has 2 aromatic carbocycles. The molecule has 0 heterocycles. The van der Waals surface area contributed by atoms with Crippen molar-refractivity contribution < 1.29 is 22.9 Å². The minimum Gasteiger partial charge on any atom is -0.324 e. The first kappa shape index (κ1) is 18.0. The summed E-state index contributed by atoms with van der Waals surface area (Å²) in [6.07, 6.45) is -4.33. The van der Waals surface area contributed by atoms with Gasteiger partial charge < -0.3 is 10.2 Å². The van der Waals surface area contributed by atoms with E-state index in [9.17, 15) is 18.0 Å². The highest BCUT2D eigenvalue weighted by Gasteiger charge is 2.30. The molecule has 0 saturated carbocycles. The van der Waals surface area contributed by atoms with Gasteiger partial charge in [0.15, 0.2) is 6.04 Å². The van der Waals surface area contributed by atoms with Gasteiger partial charge in [-0.15, -0.1) is 0 Å². The van der Waals surface area contributed by atoms with E-state index in [-0.39, 0.29) is 11.9 Å². The fraction of sp³-hybridized carbons (Fsp3) is 0.278. The van der Waals surface area contributed by atoms with Crippen molar-refractivity contribution >= 4 is 11.6 Å². The number of halogens is 3. The molecule has 3 nitrogen and oxygen atoms in total. The Morgan fingerprint density at radius 1 is 1.08 bits per heavy atom. The number of nitrogens with one attached hydrogen (secondary N) is 2. The maximum Gasteiger partial charge on any atom is 0.416 e. The summed E-state index contributed by atoms with van der Waals surface area (Å²) in [5.41, 5.74) is 0.801. The van der Waals surface area contributed by atoms with Crippen molar-refractivity contribution in [1.82, 2.24) is 0 Å². The molecule has 0 bridgehead atoms. The van der Waals surface area contributed by atoms with E-state index in [4.69, 9.17) is 0 Å². The molecular formula is C18H20F3N2O+. The van der Waals surface area contributed by atoms with Gasteiger partial charge in [-0.25, -0.2) is 0 Å². The normalized spacial score (nSPS) is 14.0. The van der Waals surface area contributed by atoms with Crippen LogP contribution in [0.25, 0.3) is 0 Å². The molecule has 2 aromatic rings.